The van der Waals surface area contributed by atoms with Crippen LogP contribution in [0.5, 0.6) is 0 Å². The van der Waals surface area contributed by atoms with E-state index in [0.29, 0.717) is 29.7 Å². The number of nitrogens with one attached hydrogen (secondary N) is 2. The summed E-state index contributed by atoms with van der Waals surface area (Å²) in [7, 11) is -3.83. The molecule has 34 heavy (non-hydrogen) atoms. The van der Waals surface area contributed by atoms with Gasteiger partial charge in [0.1, 0.15) is 0 Å². The topological polar surface area (TPSA) is 78.5 Å². The van der Waals surface area contributed by atoms with Crippen molar-refractivity contribution in [2.45, 2.75) is 50.7 Å². The molecule has 0 aliphatic carbocycles. The molecule has 0 bridgehead atoms. The third-order valence-corrected chi connectivity index (χ3v) is 7.79. The Morgan fingerprint density at radius 3 is 2.32 bits per heavy atom. The second-order valence-corrected chi connectivity index (χ2v) is 10.6. The van der Waals surface area contributed by atoms with Crippen molar-refractivity contribution in [2.24, 2.45) is 5.92 Å². The summed E-state index contributed by atoms with van der Waals surface area (Å²) < 4.78 is 66.3. The molecule has 0 unspecified atom stereocenters. The summed E-state index contributed by atoms with van der Waals surface area (Å²) in [6.07, 6.45) is -3.26. The zero-order valence-corrected chi connectivity index (χ0v) is 20.3. The number of carbonyl (C=O) groups excluding carboxylic acids is 1. The van der Waals surface area contributed by atoms with E-state index in [9.17, 15) is 26.4 Å². The molecule has 1 aliphatic heterocycles. The van der Waals surface area contributed by atoms with Crippen LogP contribution in [-0.2, 0) is 10.0 Å². The normalized spacial score (nSPS) is 16.9. The lowest BCUT2D eigenvalue weighted by Crippen LogP contribution is -2.45. The number of piperidine rings is 1. The van der Waals surface area contributed by atoms with E-state index in [1.165, 1.54) is 17.0 Å². The first kappa shape index (κ1) is 26.2. The number of sulfonamides is 1. The van der Waals surface area contributed by atoms with E-state index >= 15 is 0 Å². The number of alkyl halides is 3. The molecule has 3 rings (SSSR count). The lowest BCUT2D eigenvalue weighted by Gasteiger charge is -2.35. The van der Waals surface area contributed by atoms with Crippen molar-refractivity contribution in [2.75, 3.05) is 25.0 Å². The Morgan fingerprint density at radius 1 is 1.09 bits per heavy atom. The Morgan fingerprint density at radius 2 is 1.74 bits per heavy atom. The zero-order valence-electron chi connectivity index (χ0n) is 19.4. The standard InChI is InChI=1S/C24H30F3N3O3S/c1-16-6-4-5-7-21(16)23(31)28-22-9-8-20(14-17(22)2)34(32,33)29-18(3)19-10-12-30(13-11-19)15-24(25,26)27/h4-9,14,18-19,29H,10-13,15H2,1-3H3,(H,28,31)/t18-/m1/s1. The molecule has 0 aromatic heterocycles. The van der Waals surface area contributed by atoms with Gasteiger partial charge >= 0.3 is 6.18 Å². The number of halogens is 3. The fourth-order valence-corrected chi connectivity index (χ4v) is 5.63. The van der Waals surface area contributed by atoms with Crippen molar-refractivity contribution >= 4 is 21.6 Å². The molecule has 0 spiro atoms. The maximum Gasteiger partial charge on any atom is 0.401 e. The Balaban J connectivity index is 1.62. The lowest BCUT2D eigenvalue weighted by atomic mass is 9.91. The first-order valence-electron chi connectivity index (χ1n) is 11.1. The number of carbonyl (C=O) groups is 1. The van der Waals surface area contributed by atoms with E-state index in [1.807, 2.05) is 19.1 Å². The number of amides is 1. The van der Waals surface area contributed by atoms with E-state index in [2.05, 4.69) is 10.0 Å². The van der Waals surface area contributed by atoms with Crippen molar-refractivity contribution in [3.05, 3.63) is 59.2 Å². The van der Waals surface area contributed by atoms with Gasteiger partial charge in [0.05, 0.1) is 11.4 Å². The summed E-state index contributed by atoms with van der Waals surface area (Å²) in [5.74, 6) is -0.326. The van der Waals surface area contributed by atoms with Gasteiger partial charge in [0.15, 0.2) is 0 Å². The maximum absolute atomic E-state index is 12.9. The number of hydrogen-bond donors (Lipinski definition) is 2. The molecule has 186 valence electrons. The van der Waals surface area contributed by atoms with Gasteiger partial charge in [0, 0.05) is 17.3 Å². The van der Waals surface area contributed by atoms with Crippen LogP contribution in [0.2, 0.25) is 0 Å². The van der Waals surface area contributed by atoms with Gasteiger partial charge in [-0.05, 0) is 88.0 Å². The minimum atomic E-state index is -4.23. The van der Waals surface area contributed by atoms with E-state index in [-0.39, 0.29) is 29.8 Å². The molecule has 1 saturated heterocycles. The van der Waals surface area contributed by atoms with E-state index in [1.54, 1.807) is 32.0 Å². The second-order valence-electron chi connectivity index (χ2n) is 8.88. The Hall–Kier alpha value is -2.43. The monoisotopic (exact) mass is 497 g/mol. The third kappa shape index (κ3) is 6.80. The highest BCUT2D eigenvalue weighted by atomic mass is 32.2. The number of likely N-dealkylation sites (tertiary alicyclic amines) is 1. The highest BCUT2D eigenvalue weighted by molar-refractivity contribution is 7.89. The first-order chi connectivity index (χ1) is 15.9. The molecule has 1 fully saturated rings. The molecule has 0 radical (unpaired) electrons. The Bertz CT molecular complexity index is 1130. The largest absolute Gasteiger partial charge is 0.401 e. The second kappa shape index (κ2) is 10.5. The minimum absolute atomic E-state index is 0.0481. The number of aryl methyl sites for hydroxylation is 2. The molecule has 2 aromatic carbocycles. The molecule has 6 nitrogen and oxygen atoms in total. The summed E-state index contributed by atoms with van der Waals surface area (Å²) in [5.41, 5.74) is 2.48. The van der Waals surface area contributed by atoms with Gasteiger partial charge in [-0.15, -0.1) is 0 Å². The predicted molar refractivity (Wildman–Crippen MR) is 125 cm³/mol. The van der Waals surface area contributed by atoms with Gasteiger partial charge in [-0.3, -0.25) is 9.69 Å². The van der Waals surface area contributed by atoms with Gasteiger partial charge < -0.3 is 5.32 Å². The quantitative estimate of drug-likeness (QED) is 0.591. The molecule has 2 N–H and O–H groups in total. The number of anilines is 1. The van der Waals surface area contributed by atoms with Crippen LogP contribution in [0.25, 0.3) is 0 Å². The number of rotatable bonds is 7. The highest BCUT2D eigenvalue weighted by Crippen LogP contribution is 2.26. The molecule has 1 heterocycles. The van der Waals surface area contributed by atoms with Crippen LogP contribution in [0.3, 0.4) is 0 Å². The SMILES string of the molecule is Cc1cc(S(=O)(=O)N[C@H](C)C2CCN(CC(F)(F)F)CC2)ccc1NC(=O)c1ccccc1C. The molecular weight excluding hydrogens is 467 g/mol. The number of benzene rings is 2. The van der Waals surface area contributed by atoms with Crippen LogP contribution in [-0.4, -0.2) is 51.1 Å². The van der Waals surface area contributed by atoms with Crippen molar-refractivity contribution in [3.63, 3.8) is 0 Å². The van der Waals surface area contributed by atoms with Crippen LogP contribution in [0.15, 0.2) is 47.4 Å². The summed E-state index contributed by atoms with van der Waals surface area (Å²) in [5, 5.41) is 2.82. The van der Waals surface area contributed by atoms with Gasteiger partial charge in [0.2, 0.25) is 10.0 Å². The summed E-state index contributed by atoms with van der Waals surface area (Å²) in [6.45, 7) is 4.92. The van der Waals surface area contributed by atoms with Crippen LogP contribution in [0, 0.1) is 19.8 Å². The van der Waals surface area contributed by atoms with Crippen molar-refractivity contribution in [1.29, 1.82) is 0 Å². The summed E-state index contributed by atoms with van der Waals surface area (Å²) in [4.78, 5) is 14.0. The third-order valence-electron chi connectivity index (χ3n) is 6.23. The summed E-state index contributed by atoms with van der Waals surface area (Å²) >= 11 is 0. The molecule has 1 aliphatic rings. The van der Waals surface area contributed by atoms with Crippen molar-refractivity contribution in [3.8, 4) is 0 Å². The van der Waals surface area contributed by atoms with Crippen molar-refractivity contribution in [1.82, 2.24) is 9.62 Å². The van der Waals surface area contributed by atoms with E-state index < -0.39 is 28.8 Å². The fraction of sp³-hybridized carbons (Fsp3) is 0.458. The van der Waals surface area contributed by atoms with E-state index in [0.717, 1.165) is 5.56 Å². The molecule has 2 aromatic rings. The smallest absolute Gasteiger partial charge is 0.322 e. The first-order valence-corrected chi connectivity index (χ1v) is 12.6. The van der Waals surface area contributed by atoms with Gasteiger partial charge in [-0.1, -0.05) is 18.2 Å². The highest BCUT2D eigenvalue weighted by Gasteiger charge is 2.34. The van der Waals surface area contributed by atoms with Crippen LogP contribution in [0.1, 0.15) is 41.3 Å². The molecular formula is C24H30F3N3O3S. The number of nitrogens with zero attached hydrogens (tertiary/aromatic N) is 1. The van der Waals surface area contributed by atoms with E-state index in [4.69, 9.17) is 0 Å². The Labute approximate surface area is 198 Å². The molecule has 1 amide bonds. The average Bonchev–Trinajstić information content (AvgIpc) is 2.74. The fourth-order valence-electron chi connectivity index (χ4n) is 4.23. The van der Waals surface area contributed by atoms with Gasteiger partial charge in [-0.2, -0.15) is 13.2 Å². The Kier molecular flexibility index (Phi) is 8.05. The van der Waals surface area contributed by atoms with Gasteiger partial charge in [-0.25, -0.2) is 13.1 Å². The average molecular weight is 498 g/mol. The van der Waals surface area contributed by atoms with Crippen LogP contribution in [0.4, 0.5) is 18.9 Å². The maximum atomic E-state index is 12.9. The summed E-state index contributed by atoms with van der Waals surface area (Å²) in [6, 6.07) is 11.2. The molecule has 0 saturated carbocycles. The molecule has 1 atom stereocenters. The predicted octanol–water partition coefficient (Wildman–Crippen LogP) is 4.50. The lowest BCUT2D eigenvalue weighted by molar-refractivity contribution is -0.148. The minimum Gasteiger partial charge on any atom is -0.322 e. The zero-order chi connectivity index (χ0) is 25.1. The van der Waals surface area contributed by atoms with Gasteiger partial charge in [0.25, 0.3) is 5.91 Å². The number of hydrogen-bond acceptors (Lipinski definition) is 4. The van der Waals surface area contributed by atoms with Crippen molar-refractivity contribution < 1.29 is 26.4 Å². The van der Waals surface area contributed by atoms with Crippen LogP contribution < -0.4 is 10.0 Å². The van der Waals surface area contributed by atoms with Crippen LogP contribution >= 0.6 is 0 Å². The molecule has 10 heteroatoms.